The number of carbonyl (C=O) groups excluding carboxylic acids is 2. The summed E-state index contributed by atoms with van der Waals surface area (Å²) in [6.45, 7) is 0.252. The summed E-state index contributed by atoms with van der Waals surface area (Å²) in [5.74, 6) is -2.72. The van der Waals surface area contributed by atoms with E-state index in [0.29, 0.717) is 18.9 Å². The third-order valence-electron chi connectivity index (χ3n) is 3.75. The van der Waals surface area contributed by atoms with Crippen LogP contribution in [0.15, 0.2) is 36.5 Å². The molecule has 2 rings (SSSR count). The van der Waals surface area contributed by atoms with Gasteiger partial charge in [-0.3, -0.25) is 9.59 Å². The summed E-state index contributed by atoms with van der Waals surface area (Å²) in [5.41, 5.74) is -1.01. The summed E-state index contributed by atoms with van der Waals surface area (Å²) >= 11 is 0. The second-order valence-electron chi connectivity index (χ2n) is 5.64. The average molecular weight is 380 g/mol. The summed E-state index contributed by atoms with van der Waals surface area (Å²) in [6, 6.07) is 3.15. The maximum atomic E-state index is 12.7. The lowest BCUT2D eigenvalue weighted by Gasteiger charge is -2.22. The Morgan fingerprint density at radius 1 is 1.15 bits per heavy atom. The number of nitrogens with zero attached hydrogens (tertiary/aromatic N) is 1. The van der Waals surface area contributed by atoms with Crippen LogP contribution in [0.5, 0.6) is 0 Å². The summed E-state index contributed by atoms with van der Waals surface area (Å²) in [5, 5.41) is 2.32. The van der Waals surface area contributed by atoms with E-state index in [0.717, 1.165) is 24.4 Å². The number of rotatable bonds is 4. The first-order chi connectivity index (χ1) is 12.0. The summed E-state index contributed by atoms with van der Waals surface area (Å²) in [7, 11) is 0. The van der Waals surface area contributed by atoms with Gasteiger partial charge in [-0.15, -0.1) is 0 Å². The van der Waals surface area contributed by atoms with Gasteiger partial charge in [0.1, 0.15) is 6.04 Å². The van der Waals surface area contributed by atoms with Crippen LogP contribution in [-0.4, -0.2) is 35.4 Å². The lowest BCUT2D eigenvalue weighted by atomic mass is 10.1. The molecule has 1 N–H and O–H groups in total. The molecule has 1 saturated heterocycles. The van der Waals surface area contributed by atoms with Crippen LogP contribution in [0.25, 0.3) is 0 Å². The van der Waals surface area contributed by atoms with E-state index in [1.165, 1.54) is 11.0 Å². The standard InChI is InChI=1S/C16H14F6N2O2/c17-15(18,19)10-3-1-4-11(9-10)23-14(26)12-5-2-7-24(12)8-6-13(25)16(20,21)22/h1,3-4,6,8-9,12H,2,5,7H2,(H,23,26). The molecule has 10 heteroatoms. The van der Waals surface area contributed by atoms with Crippen LogP contribution in [0.3, 0.4) is 0 Å². The van der Waals surface area contributed by atoms with Gasteiger partial charge >= 0.3 is 12.4 Å². The van der Waals surface area contributed by atoms with Gasteiger partial charge in [0.05, 0.1) is 5.56 Å². The molecule has 1 fully saturated rings. The molecule has 1 aromatic rings. The number of hydrogen-bond donors (Lipinski definition) is 1. The van der Waals surface area contributed by atoms with Crippen LogP contribution in [0.4, 0.5) is 32.0 Å². The third kappa shape index (κ3) is 4.99. The largest absolute Gasteiger partial charge is 0.454 e. The molecular weight excluding hydrogens is 366 g/mol. The molecule has 0 aromatic heterocycles. The van der Waals surface area contributed by atoms with Crippen LogP contribution in [0.2, 0.25) is 0 Å². The first kappa shape index (κ1) is 19.8. The Morgan fingerprint density at radius 2 is 1.85 bits per heavy atom. The molecule has 1 aromatic carbocycles. The maximum absolute atomic E-state index is 12.7. The number of likely N-dealkylation sites (tertiary alicyclic amines) is 1. The number of allylic oxidation sites excluding steroid dienone is 1. The van der Waals surface area contributed by atoms with Crippen molar-refractivity contribution in [3.05, 3.63) is 42.1 Å². The lowest BCUT2D eigenvalue weighted by Crippen LogP contribution is -2.37. The number of carbonyl (C=O) groups is 2. The van der Waals surface area contributed by atoms with Gasteiger partial charge in [-0.2, -0.15) is 26.3 Å². The van der Waals surface area contributed by atoms with Crippen molar-refractivity contribution in [2.24, 2.45) is 0 Å². The minimum atomic E-state index is -5.01. The third-order valence-corrected chi connectivity index (χ3v) is 3.75. The number of benzene rings is 1. The average Bonchev–Trinajstić information content (AvgIpc) is 2.99. The smallest absolute Gasteiger partial charge is 0.365 e. The molecule has 0 radical (unpaired) electrons. The Hall–Kier alpha value is -2.52. The van der Waals surface area contributed by atoms with Crippen LogP contribution >= 0.6 is 0 Å². The Kier molecular flexibility index (Phi) is 5.62. The van der Waals surface area contributed by atoms with Crippen LogP contribution in [0.1, 0.15) is 18.4 Å². The minimum Gasteiger partial charge on any atom is -0.365 e. The van der Waals surface area contributed by atoms with Crippen LogP contribution < -0.4 is 5.32 Å². The molecule has 1 aliphatic heterocycles. The normalized spacial score (nSPS) is 18.4. The molecule has 4 nitrogen and oxygen atoms in total. The quantitative estimate of drug-likeness (QED) is 0.639. The van der Waals surface area contributed by atoms with Gasteiger partial charge in [0.25, 0.3) is 5.78 Å². The number of ketones is 1. The molecule has 1 atom stereocenters. The van der Waals surface area contributed by atoms with Gasteiger partial charge in [-0.05, 0) is 31.0 Å². The van der Waals surface area contributed by atoms with Crippen molar-refractivity contribution in [2.75, 3.05) is 11.9 Å². The summed E-state index contributed by atoms with van der Waals surface area (Å²) in [4.78, 5) is 24.4. The highest BCUT2D eigenvalue weighted by Crippen LogP contribution is 2.31. The Balaban J connectivity index is 2.07. The lowest BCUT2D eigenvalue weighted by molar-refractivity contribution is -0.165. The van der Waals surface area contributed by atoms with E-state index in [-0.39, 0.29) is 12.2 Å². The van der Waals surface area contributed by atoms with E-state index < -0.39 is 35.6 Å². The van der Waals surface area contributed by atoms with Crippen LogP contribution in [0, 0.1) is 0 Å². The Morgan fingerprint density at radius 3 is 2.46 bits per heavy atom. The van der Waals surface area contributed by atoms with Crippen molar-refractivity contribution >= 4 is 17.4 Å². The van der Waals surface area contributed by atoms with E-state index >= 15 is 0 Å². The topological polar surface area (TPSA) is 49.4 Å². The summed E-state index contributed by atoms with van der Waals surface area (Å²) < 4.78 is 74.7. The number of nitrogens with one attached hydrogen (secondary N) is 1. The first-order valence-electron chi connectivity index (χ1n) is 7.52. The molecule has 0 aliphatic carbocycles. The fraction of sp³-hybridized carbons (Fsp3) is 0.375. The van der Waals surface area contributed by atoms with Crippen molar-refractivity contribution in [3.8, 4) is 0 Å². The molecule has 142 valence electrons. The number of anilines is 1. The monoisotopic (exact) mass is 380 g/mol. The van der Waals surface area contributed by atoms with E-state index in [9.17, 15) is 35.9 Å². The zero-order chi connectivity index (χ0) is 19.5. The first-order valence-corrected chi connectivity index (χ1v) is 7.52. The van der Waals surface area contributed by atoms with Crippen molar-refractivity contribution in [3.63, 3.8) is 0 Å². The van der Waals surface area contributed by atoms with Crippen molar-refractivity contribution in [1.29, 1.82) is 0 Å². The van der Waals surface area contributed by atoms with Gasteiger partial charge < -0.3 is 10.2 Å². The molecule has 1 aliphatic rings. The molecule has 1 amide bonds. The number of hydrogen-bond acceptors (Lipinski definition) is 3. The highest BCUT2D eigenvalue weighted by atomic mass is 19.4. The maximum Gasteiger partial charge on any atom is 0.454 e. The predicted octanol–water partition coefficient (Wildman–Crippen LogP) is 3.75. The second-order valence-corrected chi connectivity index (χ2v) is 5.64. The predicted molar refractivity (Wildman–Crippen MR) is 80.0 cm³/mol. The van der Waals surface area contributed by atoms with Crippen molar-refractivity contribution < 1.29 is 35.9 Å². The molecule has 1 heterocycles. The summed E-state index contributed by atoms with van der Waals surface area (Å²) in [6.07, 6.45) is -7.57. The molecular formula is C16H14F6N2O2. The van der Waals surface area contributed by atoms with Gasteiger partial charge in [0.2, 0.25) is 5.91 Å². The van der Waals surface area contributed by atoms with Crippen LogP contribution in [-0.2, 0) is 15.8 Å². The van der Waals surface area contributed by atoms with Crippen molar-refractivity contribution in [1.82, 2.24) is 4.90 Å². The minimum absolute atomic E-state index is 0.0768. The van der Waals surface area contributed by atoms with Gasteiger partial charge in [-0.25, -0.2) is 0 Å². The Bertz CT molecular complexity index is 711. The van der Waals surface area contributed by atoms with E-state index in [1.807, 2.05) is 0 Å². The molecule has 0 saturated carbocycles. The van der Waals surface area contributed by atoms with Gasteiger partial charge in [0, 0.05) is 24.5 Å². The number of alkyl halides is 6. The fourth-order valence-electron chi connectivity index (χ4n) is 2.51. The highest BCUT2D eigenvalue weighted by molar-refractivity contribution is 5.96. The van der Waals surface area contributed by atoms with E-state index in [1.54, 1.807) is 0 Å². The SMILES string of the molecule is O=C(Nc1cccc(C(F)(F)F)c1)C1CCCN1C=CC(=O)C(F)(F)F. The molecule has 1 unspecified atom stereocenters. The number of halogens is 6. The number of amides is 1. The van der Waals surface area contributed by atoms with E-state index in [4.69, 9.17) is 0 Å². The van der Waals surface area contributed by atoms with Gasteiger partial charge in [0.15, 0.2) is 0 Å². The molecule has 26 heavy (non-hydrogen) atoms. The highest BCUT2D eigenvalue weighted by Gasteiger charge is 2.37. The Labute approximate surface area is 144 Å². The second kappa shape index (κ2) is 7.38. The van der Waals surface area contributed by atoms with Crippen molar-refractivity contribution in [2.45, 2.75) is 31.2 Å². The van der Waals surface area contributed by atoms with E-state index in [2.05, 4.69) is 5.32 Å². The molecule has 0 spiro atoms. The van der Waals surface area contributed by atoms with Gasteiger partial charge in [-0.1, -0.05) is 6.07 Å². The fourth-order valence-corrected chi connectivity index (χ4v) is 2.51. The zero-order valence-electron chi connectivity index (χ0n) is 13.2. The zero-order valence-corrected chi connectivity index (χ0v) is 13.2. The molecule has 0 bridgehead atoms.